The standard InChI is InChI=1S/C14H14N4O2S/c1-18-13(19)7-6-10(17-18)14(20)15-8-12-16-9-4-2-3-5-11(9)21-12/h2-5H,6-8H2,1H3,(H,15,20). The van der Waals surface area contributed by atoms with Gasteiger partial charge in [-0.3, -0.25) is 9.59 Å². The zero-order valence-electron chi connectivity index (χ0n) is 11.5. The maximum atomic E-state index is 12.0. The van der Waals surface area contributed by atoms with E-state index < -0.39 is 0 Å². The van der Waals surface area contributed by atoms with Gasteiger partial charge < -0.3 is 5.32 Å². The number of para-hydroxylation sites is 1. The highest BCUT2D eigenvalue weighted by Crippen LogP contribution is 2.21. The number of hydrazone groups is 1. The van der Waals surface area contributed by atoms with Crippen molar-refractivity contribution in [3.8, 4) is 0 Å². The van der Waals surface area contributed by atoms with Gasteiger partial charge in [-0.05, 0) is 12.1 Å². The molecule has 7 heteroatoms. The second-order valence-corrected chi connectivity index (χ2v) is 5.84. The van der Waals surface area contributed by atoms with Crippen LogP contribution in [0.1, 0.15) is 17.8 Å². The zero-order chi connectivity index (χ0) is 14.8. The van der Waals surface area contributed by atoms with Crippen molar-refractivity contribution in [2.45, 2.75) is 19.4 Å². The molecule has 0 saturated heterocycles. The molecule has 1 aromatic heterocycles. The molecule has 2 aromatic rings. The Morgan fingerprint density at radius 1 is 1.38 bits per heavy atom. The topological polar surface area (TPSA) is 74.7 Å². The first-order chi connectivity index (χ1) is 10.1. The van der Waals surface area contributed by atoms with Crippen LogP contribution < -0.4 is 5.32 Å². The van der Waals surface area contributed by atoms with Crippen LogP contribution in [-0.2, 0) is 16.1 Å². The van der Waals surface area contributed by atoms with Crippen molar-refractivity contribution in [3.05, 3.63) is 29.3 Å². The minimum atomic E-state index is -0.242. The van der Waals surface area contributed by atoms with Crippen molar-refractivity contribution in [2.75, 3.05) is 7.05 Å². The molecule has 1 N–H and O–H groups in total. The molecular weight excluding hydrogens is 288 g/mol. The summed E-state index contributed by atoms with van der Waals surface area (Å²) in [4.78, 5) is 27.8. The van der Waals surface area contributed by atoms with E-state index >= 15 is 0 Å². The second-order valence-electron chi connectivity index (χ2n) is 4.72. The van der Waals surface area contributed by atoms with Gasteiger partial charge in [0.2, 0.25) is 5.91 Å². The predicted octanol–water partition coefficient (Wildman–Crippen LogP) is 1.52. The molecule has 108 valence electrons. The first-order valence-corrected chi connectivity index (χ1v) is 7.42. The van der Waals surface area contributed by atoms with Gasteiger partial charge in [-0.25, -0.2) is 9.99 Å². The second kappa shape index (κ2) is 5.61. The van der Waals surface area contributed by atoms with Gasteiger partial charge in [-0.1, -0.05) is 12.1 Å². The lowest BCUT2D eigenvalue weighted by Crippen LogP contribution is -2.37. The van der Waals surface area contributed by atoms with Crippen LogP contribution in [0.5, 0.6) is 0 Å². The van der Waals surface area contributed by atoms with Gasteiger partial charge in [0.25, 0.3) is 5.91 Å². The smallest absolute Gasteiger partial charge is 0.267 e. The van der Waals surface area contributed by atoms with Crippen LogP contribution in [0.3, 0.4) is 0 Å². The zero-order valence-corrected chi connectivity index (χ0v) is 12.3. The van der Waals surface area contributed by atoms with Gasteiger partial charge in [0, 0.05) is 19.9 Å². The van der Waals surface area contributed by atoms with E-state index in [-0.39, 0.29) is 11.8 Å². The van der Waals surface area contributed by atoms with E-state index in [0.717, 1.165) is 15.2 Å². The Morgan fingerprint density at radius 3 is 2.95 bits per heavy atom. The van der Waals surface area contributed by atoms with E-state index in [2.05, 4.69) is 15.4 Å². The predicted molar refractivity (Wildman–Crippen MR) is 80.9 cm³/mol. The average Bonchev–Trinajstić information content (AvgIpc) is 2.90. The van der Waals surface area contributed by atoms with Crippen LogP contribution in [0, 0.1) is 0 Å². The maximum absolute atomic E-state index is 12.0. The number of fused-ring (bicyclic) bond motifs is 1. The molecule has 0 aliphatic carbocycles. The van der Waals surface area contributed by atoms with Gasteiger partial charge >= 0.3 is 0 Å². The highest BCUT2D eigenvalue weighted by molar-refractivity contribution is 7.18. The fourth-order valence-corrected chi connectivity index (χ4v) is 2.99. The fourth-order valence-electron chi connectivity index (χ4n) is 2.09. The van der Waals surface area contributed by atoms with Gasteiger partial charge in [-0.15, -0.1) is 11.3 Å². The molecule has 0 radical (unpaired) electrons. The van der Waals surface area contributed by atoms with Crippen LogP contribution >= 0.6 is 11.3 Å². The van der Waals surface area contributed by atoms with E-state index in [1.54, 1.807) is 18.4 Å². The summed E-state index contributed by atoms with van der Waals surface area (Å²) in [6.07, 6.45) is 0.707. The number of aromatic nitrogens is 1. The summed E-state index contributed by atoms with van der Waals surface area (Å²) in [6, 6.07) is 7.85. The molecule has 3 rings (SSSR count). The molecule has 0 atom stereocenters. The summed E-state index contributed by atoms with van der Waals surface area (Å²) in [5, 5.41) is 8.87. The molecular formula is C14H14N4O2S. The molecule has 1 aliphatic heterocycles. The van der Waals surface area contributed by atoms with Crippen LogP contribution in [0.25, 0.3) is 10.2 Å². The van der Waals surface area contributed by atoms with Crippen molar-refractivity contribution in [1.29, 1.82) is 0 Å². The maximum Gasteiger partial charge on any atom is 0.267 e. The minimum absolute atomic E-state index is 0.0716. The van der Waals surface area contributed by atoms with E-state index in [9.17, 15) is 9.59 Å². The highest BCUT2D eigenvalue weighted by atomic mass is 32.1. The average molecular weight is 302 g/mol. The Balaban J connectivity index is 1.66. The molecule has 0 fully saturated rings. The van der Waals surface area contributed by atoms with E-state index in [4.69, 9.17) is 0 Å². The fraction of sp³-hybridized carbons (Fsp3) is 0.286. The first-order valence-electron chi connectivity index (χ1n) is 6.60. The first kappa shape index (κ1) is 13.7. The molecule has 0 unspecified atom stereocenters. The minimum Gasteiger partial charge on any atom is -0.344 e. The number of carbonyl (C=O) groups is 2. The summed E-state index contributed by atoms with van der Waals surface area (Å²) in [7, 11) is 1.56. The number of amides is 2. The Hall–Kier alpha value is -2.28. The third-order valence-electron chi connectivity index (χ3n) is 3.21. The Kier molecular flexibility index (Phi) is 3.66. The van der Waals surface area contributed by atoms with Crippen molar-refractivity contribution in [2.24, 2.45) is 5.10 Å². The molecule has 6 nitrogen and oxygen atoms in total. The summed E-state index contributed by atoms with van der Waals surface area (Å²) < 4.78 is 1.10. The molecule has 0 saturated carbocycles. The quantitative estimate of drug-likeness (QED) is 0.934. The summed E-state index contributed by atoms with van der Waals surface area (Å²) >= 11 is 1.56. The summed E-state index contributed by atoms with van der Waals surface area (Å²) in [6.45, 7) is 0.370. The number of hydrogen-bond acceptors (Lipinski definition) is 5. The Bertz CT molecular complexity index is 704. The Labute approximate surface area is 125 Å². The molecule has 2 amide bonds. The molecule has 1 aliphatic rings. The normalized spacial score (nSPS) is 15.2. The summed E-state index contributed by atoms with van der Waals surface area (Å²) in [5.74, 6) is -0.314. The Morgan fingerprint density at radius 2 is 2.19 bits per heavy atom. The number of nitrogens with one attached hydrogen (secondary N) is 1. The van der Waals surface area contributed by atoms with Crippen molar-refractivity contribution < 1.29 is 9.59 Å². The molecule has 21 heavy (non-hydrogen) atoms. The van der Waals surface area contributed by atoms with Crippen LogP contribution in [0.4, 0.5) is 0 Å². The number of thiazole rings is 1. The van der Waals surface area contributed by atoms with Crippen LogP contribution in [-0.4, -0.2) is 34.6 Å². The molecule has 0 spiro atoms. The number of benzene rings is 1. The third-order valence-corrected chi connectivity index (χ3v) is 4.24. The van der Waals surface area contributed by atoms with Gasteiger partial charge in [-0.2, -0.15) is 5.10 Å². The van der Waals surface area contributed by atoms with Crippen LogP contribution in [0.2, 0.25) is 0 Å². The van der Waals surface area contributed by atoms with E-state index in [0.29, 0.717) is 25.1 Å². The number of rotatable bonds is 3. The lowest BCUT2D eigenvalue weighted by Gasteiger charge is -2.18. The van der Waals surface area contributed by atoms with Crippen molar-refractivity contribution >= 4 is 39.1 Å². The lowest BCUT2D eigenvalue weighted by atomic mass is 10.1. The number of nitrogens with zero attached hydrogens (tertiary/aromatic N) is 3. The molecule has 2 heterocycles. The summed E-state index contributed by atoms with van der Waals surface area (Å²) in [5.41, 5.74) is 1.32. The van der Waals surface area contributed by atoms with Gasteiger partial charge in [0.1, 0.15) is 10.7 Å². The van der Waals surface area contributed by atoms with Gasteiger partial charge in [0.15, 0.2) is 0 Å². The van der Waals surface area contributed by atoms with Crippen LogP contribution in [0.15, 0.2) is 29.4 Å². The number of carbonyl (C=O) groups excluding carboxylic acids is 2. The largest absolute Gasteiger partial charge is 0.344 e. The molecule has 0 bridgehead atoms. The van der Waals surface area contributed by atoms with Crippen molar-refractivity contribution in [1.82, 2.24) is 15.3 Å². The molecule has 1 aromatic carbocycles. The van der Waals surface area contributed by atoms with Crippen molar-refractivity contribution in [3.63, 3.8) is 0 Å². The van der Waals surface area contributed by atoms with E-state index in [1.165, 1.54) is 5.01 Å². The monoisotopic (exact) mass is 302 g/mol. The third kappa shape index (κ3) is 2.92. The number of hydrogen-bond donors (Lipinski definition) is 1. The SMILES string of the molecule is CN1N=C(C(=O)NCc2nc3ccccc3s2)CCC1=O. The highest BCUT2D eigenvalue weighted by Gasteiger charge is 2.21. The van der Waals surface area contributed by atoms with Gasteiger partial charge in [0.05, 0.1) is 16.8 Å². The lowest BCUT2D eigenvalue weighted by molar-refractivity contribution is -0.130. The van der Waals surface area contributed by atoms with E-state index in [1.807, 2.05) is 24.3 Å².